The Bertz CT molecular complexity index is 876. The lowest BCUT2D eigenvalue weighted by Gasteiger charge is -2.32. The van der Waals surface area contributed by atoms with Crippen LogP contribution >= 0.6 is 0 Å². The maximum Gasteiger partial charge on any atom is 0.339 e. The Morgan fingerprint density at radius 2 is 1.59 bits per heavy atom. The first-order valence-electron chi connectivity index (χ1n) is 10.4. The van der Waals surface area contributed by atoms with Crippen LogP contribution in [0.15, 0.2) is 12.3 Å². The molecule has 0 aliphatic rings. The lowest BCUT2D eigenvalue weighted by molar-refractivity contribution is -0.143. The summed E-state index contributed by atoms with van der Waals surface area (Å²) in [6.45, 7) is 17.5. The van der Waals surface area contributed by atoms with E-state index in [1.165, 1.54) is 0 Å². The summed E-state index contributed by atoms with van der Waals surface area (Å²) >= 11 is 0. The maximum atomic E-state index is 13.0. The van der Waals surface area contributed by atoms with Crippen LogP contribution in [0.4, 0.5) is 0 Å². The van der Waals surface area contributed by atoms with Crippen LogP contribution in [0, 0.1) is 0 Å². The van der Waals surface area contributed by atoms with Gasteiger partial charge >= 0.3 is 5.97 Å². The number of hydrogen-bond acceptors (Lipinski definition) is 5. The number of amides is 1. The first-order valence-corrected chi connectivity index (χ1v) is 10.4. The number of pyridine rings is 1. The Hall–Kier alpha value is -2.44. The number of carbonyl (C=O) groups excluding carboxylic acids is 2. The summed E-state index contributed by atoms with van der Waals surface area (Å²) in [6, 6.07) is 1.90. The third-order valence-electron chi connectivity index (χ3n) is 4.89. The van der Waals surface area contributed by atoms with Crippen LogP contribution in [0.2, 0.25) is 0 Å². The highest BCUT2D eigenvalue weighted by atomic mass is 16.5. The topological polar surface area (TPSA) is 77.3 Å². The minimum absolute atomic E-state index is 0.0214. The van der Waals surface area contributed by atoms with Gasteiger partial charge in [-0.2, -0.15) is 5.10 Å². The van der Waals surface area contributed by atoms with Crippen LogP contribution < -0.4 is 0 Å². The Balaban J connectivity index is 2.41. The molecule has 2 rings (SSSR count). The molecule has 2 aromatic heterocycles. The molecule has 0 bridgehead atoms. The van der Waals surface area contributed by atoms with Crippen molar-refractivity contribution in [3.8, 4) is 0 Å². The van der Waals surface area contributed by atoms with Gasteiger partial charge < -0.3 is 9.64 Å². The van der Waals surface area contributed by atoms with Crippen LogP contribution in [0.25, 0.3) is 11.0 Å². The third kappa shape index (κ3) is 4.77. The second-order valence-corrected chi connectivity index (χ2v) is 8.65. The second kappa shape index (κ2) is 8.93. The van der Waals surface area contributed by atoms with E-state index in [2.05, 4.69) is 5.10 Å². The first-order chi connectivity index (χ1) is 13.5. The van der Waals surface area contributed by atoms with Crippen LogP contribution in [0.1, 0.15) is 90.3 Å². The number of aromatic nitrogens is 3. The molecule has 2 aromatic rings. The van der Waals surface area contributed by atoms with Crippen LogP contribution in [-0.2, 0) is 9.53 Å². The van der Waals surface area contributed by atoms with Gasteiger partial charge in [0.25, 0.3) is 5.91 Å². The molecular formula is C22H34N4O3. The molecule has 7 nitrogen and oxygen atoms in total. The number of rotatable bonds is 7. The van der Waals surface area contributed by atoms with E-state index in [0.717, 1.165) is 5.69 Å². The Kier molecular flexibility index (Phi) is 7.03. The highest BCUT2D eigenvalue weighted by Gasteiger charge is 2.29. The highest BCUT2D eigenvalue weighted by Crippen LogP contribution is 2.25. The molecular weight excluding hydrogens is 368 g/mol. The van der Waals surface area contributed by atoms with Crippen molar-refractivity contribution < 1.29 is 14.3 Å². The SMILES string of the molecule is CC(C)c1cc(C(=O)O[C@H](C)C(=O)N(C(C)C)C(C)C)c2cnn(C(C)C)c2n1. The molecule has 2 heterocycles. The van der Waals surface area contributed by atoms with E-state index < -0.39 is 12.1 Å². The number of carbonyl (C=O) groups is 2. The van der Waals surface area contributed by atoms with Crippen LogP contribution in [0.3, 0.4) is 0 Å². The molecule has 0 saturated carbocycles. The van der Waals surface area contributed by atoms with E-state index in [1.807, 2.05) is 55.4 Å². The second-order valence-electron chi connectivity index (χ2n) is 8.65. The smallest absolute Gasteiger partial charge is 0.339 e. The fourth-order valence-corrected chi connectivity index (χ4v) is 3.47. The number of fused-ring (bicyclic) bond motifs is 1. The highest BCUT2D eigenvalue weighted by molar-refractivity contribution is 6.03. The molecule has 160 valence electrons. The molecule has 0 aliphatic heterocycles. The number of esters is 1. The predicted molar refractivity (Wildman–Crippen MR) is 114 cm³/mol. The summed E-state index contributed by atoms with van der Waals surface area (Å²) < 4.78 is 7.39. The van der Waals surface area contributed by atoms with Gasteiger partial charge in [-0.15, -0.1) is 0 Å². The van der Waals surface area contributed by atoms with Crippen molar-refractivity contribution >= 4 is 22.9 Å². The molecule has 0 unspecified atom stereocenters. The number of ether oxygens (including phenoxy) is 1. The molecule has 29 heavy (non-hydrogen) atoms. The van der Waals surface area contributed by atoms with Crippen molar-refractivity contribution in [3.05, 3.63) is 23.5 Å². The van der Waals surface area contributed by atoms with Gasteiger partial charge in [0.1, 0.15) is 0 Å². The average molecular weight is 403 g/mol. The fourth-order valence-electron chi connectivity index (χ4n) is 3.47. The van der Waals surface area contributed by atoms with E-state index in [0.29, 0.717) is 16.6 Å². The zero-order valence-electron chi connectivity index (χ0n) is 19.1. The molecule has 0 radical (unpaired) electrons. The van der Waals surface area contributed by atoms with Gasteiger partial charge in [0, 0.05) is 23.8 Å². The monoisotopic (exact) mass is 402 g/mol. The minimum Gasteiger partial charge on any atom is -0.449 e. The fraction of sp³-hybridized carbons (Fsp3) is 0.636. The van der Waals surface area contributed by atoms with Gasteiger partial charge in [-0.1, -0.05) is 13.8 Å². The quantitative estimate of drug-likeness (QED) is 0.644. The average Bonchev–Trinajstić information content (AvgIpc) is 3.03. The van der Waals surface area contributed by atoms with E-state index in [-0.39, 0.29) is 30.0 Å². The van der Waals surface area contributed by atoms with Crippen LogP contribution in [0.5, 0.6) is 0 Å². The van der Waals surface area contributed by atoms with Crippen molar-refractivity contribution in [2.45, 2.75) is 92.5 Å². The Morgan fingerprint density at radius 1 is 1.00 bits per heavy atom. The molecule has 0 aromatic carbocycles. The lowest BCUT2D eigenvalue weighted by atomic mass is 10.1. The molecule has 1 atom stereocenters. The van der Waals surface area contributed by atoms with E-state index in [9.17, 15) is 9.59 Å². The van der Waals surface area contributed by atoms with Crippen molar-refractivity contribution in [2.75, 3.05) is 0 Å². The molecule has 0 N–H and O–H groups in total. The van der Waals surface area contributed by atoms with E-state index in [4.69, 9.17) is 9.72 Å². The zero-order valence-corrected chi connectivity index (χ0v) is 19.1. The Morgan fingerprint density at radius 3 is 2.07 bits per heavy atom. The van der Waals surface area contributed by atoms with Gasteiger partial charge in [-0.3, -0.25) is 4.79 Å². The van der Waals surface area contributed by atoms with Crippen molar-refractivity contribution in [3.63, 3.8) is 0 Å². The van der Waals surface area contributed by atoms with E-state index in [1.54, 1.807) is 28.8 Å². The number of hydrogen-bond donors (Lipinski definition) is 0. The van der Waals surface area contributed by atoms with Crippen LogP contribution in [-0.4, -0.2) is 49.7 Å². The summed E-state index contributed by atoms with van der Waals surface area (Å²) in [5, 5.41) is 5.03. The molecule has 0 fully saturated rings. The van der Waals surface area contributed by atoms with E-state index >= 15 is 0 Å². The third-order valence-corrected chi connectivity index (χ3v) is 4.89. The van der Waals surface area contributed by atoms with Gasteiger partial charge in [-0.05, 0) is 60.5 Å². The van der Waals surface area contributed by atoms with Gasteiger partial charge in [0.2, 0.25) is 0 Å². The zero-order chi connectivity index (χ0) is 22.0. The van der Waals surface area contributed by atoms with Gasteiger partial charge in [-0.25, -0.2) is 14.5 Å². The molecule has 0 aliphatic carbocycles. The molecule has 7 heteroatoms. The van der Waals surface area contributed by atoms with Gasteiger partial charge in [0.15, 0.2) is 11.8 Å². The maximum absolute atomic E-state index is 13.0. The molecule has 0 spiro atoms. The largest absolute Gasteiger partial charge is 0.449 e. The minimum atomic E-state index is -0.877. The van der Waals surface area contributed by atoms with Crippen molar-refractivity contribution in [1.29, 1.82) is 0 Å². The summed E-state index contributed by atoms with van der Waals surface area (Å²) in [7, 11) is 0. The summed E-state index contributed by atoms with van der Waals surface area (Å²) in [6.07, 6.45) is 0.766. The number of nitrogens with zero attached hydrogens (tertiary/aromatic N) is 4. The van der Waals surface area contributed by atoms with Crippen molar-refractivity contribution in [2.24, 2.45) is 0 Å². The standard InChI is InChI=1S/C22H34N4O3/c1-12(2)19-10-17(18-11-23-26(15(7)8)20(18)24-19)22(28)29-16(9)21(27)25(13(3)4)14(5)6/h10-16H,1-9H3/t16-/m1/s1. The predicted octanol–water partition coefficient (Wildman–Crippen LogP) is 4.33. The molecule has 0 saturated heterocycles. The molecule has 1 amide bonds. The van der Waals surface area contributed by atoms with Crippen molar-refractivity contribution in [1.82, 2.24) is 19.7 Å². The Labute approximate surface area is 173 Å². The lowest BCUT2D eigenvalue weighted by Crippen LogP contribution is -2.47. The summed E-state index contributed by atoms with van der Waals surface area (Å²) in [4.78, 5) is 32.3. The summed E-state index contributed by atoms with van der Waals surface area (Å²) in [5.74, 6) is -0.593. The normalized spacial score (nSPS) is 13.0. The summed E-state index contributed by atoms with van der Waals surface area (Å²) in [5.41, 5.74) is 1.84. The van der Waals surface area contributed by atoms with Gasteiger partial charge in [0.05, 0.1) is 17.1 Å². The first kappa shape index (κ1) is 22.8.